The third-order valence-corrected chi connectivity index (χ3v) is 2.89. The number of amides is 1. The average molecular weight is 235 g/mol. The van der Waals surface area contributed by atoms with Gasteiger partial charge in [0, 0.05) is 17.7 Å². The lowest BCUT2D eigenvalue weighted by Gasteiger charge is -2.01. The average Bonchev–Trinajstić information content (AvgIpc) is 2.73. The Morgan fingerprint density at radius 3 is 3.12 bits per heavy atom. The van der Waals surface area contributed by atoms with Gasteiger partial charge in [0.1, 0.15) is 0 Å². The number of para-hydroxylation sites is 1. The van der Waals surface area contributed by atoms with Crippen LogP contribution in [0.5, 0.6) is 0 Å². The molecule has 1 aromatic heterocycles. The molecule has 5 heteroatoms. The molecule has 0 atom stereocenters. The predicted molar refractivity (Wildman–Crippen MR) is 66.8 cm³/mol. The molecule has 0 aliphatic rings. The summed E-state index contributed by atoms with van der Waals surface area (Å²) in [6.07, 6.45) is 2.01. The van der Waals surface area contributed by atoms with Crippen molar-refractivity contribution in [1.29, 1.82) is 0 Å². The van der Waals surface area contributed by atoms with Crippen LogP contribution in [0.1, 0.15) is 10.5 Å². The molecule has 16 heavy (non-hydrogen) atoms. The fraction of sp³-hybridized carbons (Fsp3) is 0.273. The van der Waals surface area contributed by atoms with Crippen LogP contribution in [0.3, 0.4) is 0 Å². The Balaban J connectivity index is 2.17. The SMILES string of the molecule is CSCCNC(=O)c1n[nH]c2ccccc12. The van der Waals surface area contributed by atoms with Gasteiger partial charge in [0.05, 0.1) is 5.52 Å². The summed E-state index contributed by atoms with van der Waals surface area (Å²) in [4.78, 5) is 11.8. The molecule has 4 nitrogen and oxygen atoms in total. The van der Waals surface area contributed by atoms with Crippen molar-refractivity contribution in [1.82, 2.24) is 15.5 Å². The van der Waals surface area contributed by atoms with Crippen LogP contribution < -0.4 is 5.32 Å². The molecule has 0 unspecified atom stereocenters. The maximum atomic E-state index is 11.8. The molecule has 0 saturated heterocycles. The van der Waals surface area contributed by atoms with Crippen molar-refractivity contribution in [2.45, 2.75) is 0 Å². The minimum absolute atomic E-state index is 0.119. The van der Waals surface area contributed by atoms with Crippen LogP contribution in [0.2, 0.25) is 0 Å². The van der Waals surface area contributed by atoms with Crippen molar-refractivity contribution >= 4 is 28.6 Å². The monoisotopic (exact) mass is 235 g/mol. The fourth-order valence-electron chi connectivity index (χ4n) is 1.49. The van der Waals surface area contributed by atoms with Crippen LogP contribution in [-0.2, 0) is 0 Å². The van der Waals surface area contributed by atoms with E-state index < -0.39 is 0 Å². The summed E-state index contributed by atoms with van der Waals surface area (Å²) >= 11 is 1.70. The van der Waals surface area contributed by atoms with Crippen molar-refractivity contribution in [3.8, 4) is 0 Å². The van der Waals surface area contributed by atoms with Gasteiger partial charge >= 0.3 is 0 Å². The highest BCUT2D eigenvalue weighted by molar-refractivity contribution is 7.98. The van der Waals surface area contributed by atoms with Gasteiger partial charge in [0.2, 0.25) is 0 Å². The quantitative estimate of drug-likeness (QED) is 0.792. The first-order valence-electron chi connectivity index (χ1n) is 5.03. The van der Waals surface area contributed by atoms with E-state index in [1.807, 2.05) is 30.5 Å². The van der Waals surface area contributed by atoms with Gasteiger partial charge in [-0.15, -0.1) is 0 Å². The molecule has 1 aromatic carbocycles. The van der Waals surface area contributed by atoms with Crippen molar-refractivity contribution in [3.63, 3.8) is 0 Å². The molecular weight excluding hydrogens is 222 g/mol. The summed E-state index contributed by atoms with van der Waals surface area (Å²) < 4.78 is 0. The molecule has 84 valence electrons. The second kappa shape index (κ2) is 5.03. The maximum absolute atomic E-state index is 11.8. The van der Waals surface area contributed by atoms with Crippen molar-refractivity contribution in [2.75, 3.05) is 18.6 Å². The summed E-state index contributed by atoms with van der Waals surface area (Å²) in [5.74, 6) is 0.792. The van der Waals surface area contributed by atoms with Crippen LogP contribution in [-0.4, -0.2) is 34.7 Å². The Morgan fingerprint density at radius 2 is 2.31 bits per heavy atom. The number of carbonyl (C=O) groups excluding carboxylic acids is 1. The number of fused-ring (bicyclic) bond motifs is 1. The van der Waals surface area contributed by atoms with E-state index >= 15 is 0 Å². The number of nitrogens with one attached hydrogen (secondary N) is 2. The van der Waals surface area contributed by atoms with Crippen LogP contribution in [0, 0.1) is 0 Å². The molecule has 0 bridgehead atoms. The van der Waals surface area contributed by atoms with Crippen molar-refractivity contribution < 1.29 is 4.79 Å². The van der Waals surface area contributed by atoms with E-state index in [0.29, 0.717) is 12.2 Å². The highest BCUT2D eigenvalue weighted by atomic mass is 32.2. The number of hydrogen-bond donors (Lipinski definition) is 2. The van der Waals surface area contributed by atoms with Gasteiger partial charge < -0.3 is 5.32 Å². The summed E-state index contributed by atoms with van der Waals surface area (Å²) in [7, 11) is 0. The molecule has 0 aliphatic carbocycles. The Kier molecular flexibility index (Phi) is 3.46. The molecule has 2 aromatic rings. The number of nitrogens with zero attached hydrogens (tertiary/aromatic N) is 1. The van der Waals surface area contributed by atoms with E-state index in [4.69, 9.17) is 0 Å². The van der Waals surface area contributed by atoms with E-state index in [1.165, 1.54) is 0 Å². The second-order valence-electron chi connectivity index (χ2n) is 3.37. The first kappa shape index (κ1) is 11.0. The molecule has 0 saturated carbocycles. The van der Waals surface area contributed by atoms with Crippen LogP contribution in [0.15, 0.2) is 24.3 Å². The first-order chi connectivity index (χ1) is 7.83. The van der Waals surface area contributed by atoms with Gasteiger partial charge in [0.25, 0.3) is 5.91 Å². The summed E-state index contributed by atoms with van der Waals surface area (Å²) in [6, 6.07) is 7.61. The molecule has 0 fully saturated rings. The third-order valence-electron chi connectivity index (χ3n) is 2.28. The highest BCUT2D eigenvalue weighted by Gasteiger charge is 2.12. The summed E-state index contributed by atoms with van der Waals surface area (Å²) in [6.45, 7) is 0.668. The number of thioether (sulfide) groups is 1. The normalized spacial score (nSPS) is 10.6. The molecule has 0 aliphatic heterocycles. The van der Waals surface area contributed by atoms with Gasteiger partial charge in [-0.05, 0) is 12.3 Å². The lowest BCUT2D eigenvalue weighted by molar-refractivity contribution is 0.0953. The Labute approximate surface area is 97.8 Å². The Morgan fingerprint density at radius 1 is 1.50 bits per heavy atom. The van der Waals surface area contributed by atoms with Crippen LogP contribution in [0.4, 0.5) is 0 Å². The molecule has 1 amide bonds. The highest BCUT2D eigenvalue weighted by Crippen LogP contribution is 2.14. The minimum atomic E-state index is -0.119. The largest absolute Gasteiger partial charge is 0.350 e. The molecular formula is C11H13N3OS. The zero-order chi connectivity index (χ0) is 11.4. The molecule has 1 heterocycles. The summed E-state index contributed by atoms with van der Waals surface area (Å²) in [5.41, 5.74) is 1.36. The fourth-order valence-corrected chi connectivity index (χ4v) is 1.79. The van der Waals surface area contributed by atoms with E-state index in [0.717, 1.165) is 16.7 Å². The third kappa shape index (κ3) is 2.19. The van der Waals surface area contributed by atoms with E-state index in [1.54, 1.807) is 11.8 Å². The maximum Gasteiger partial charge on any atom is 0.272 e. The van der Waals surface area contributed by atoms with Gasteiger partial charge in [-0.2, -0.15) is 16.9 Å². The summed E-state index contributed by atoms with van der Waals surface area (Å²) in [5, 5.41) is 10.6. The van der Waals surface area contributed by atoms with E-state index in [2.05, 4.69) is 15.5 Å². The Bertz CT molecular complexity index is 495. The van der Waals surface area contributed by atoms with Crippen LogP contribution in [0.25, 0.3) is 10.9 Å². The number of rotatable bonds is 4. The number of carbonyl (C=O) groups is 1. The standard InChI is InChI=1S/C11H13N3OS/c1-16-7-6-12-11(15)10-8-4-2-3-5-9(8)13-14-10/h2-5H,6-7H2,1H3,(H,12,15)(H,13,14). The number of benzene rings is 1. The van der Waals surface area contributed by atoms with Gasteiger partial charge in [-0.1, -0.05) is 18.2 Å². The smallest absolute Gasteiger partial charge is 0.272 e. The van der Waals surface area contributed by atoms with E-state index in [9.17, 15) is 4.79 Å². The predicted octanol–water partition coefficient (Wildman–Crippen LogP) is 1.66. The van der Waals surface area contributed by atoms with Crippen LogP contribution >= 0.6 is 11.8 Å². The number of aromatic amines is 1. The second-order valence-corrected chi connectivity index (χ2v) is 4.35. The number of H-pyrrole nitrogens is 1. The zero-order valence-corrected chi connectivity index (χ0v) is 9.80. The molecule has 2 N–H and O–H groups in total. The molecule has 0 radical (unpaired) electrons. The zero-order valence-electron chi connectivity index (χ0n) is 8.99. The molecule has 0 spiro atoms. The minimum Gasteiger partial charge on any atom is -0.350 e. The van der Waals surface area contributed by atoms with Crippen molar-refractivity contribution in [2.24, 2.45) is 0 Å². The Hall–Kier alpha value is -1.49. The van der Waals surface area contributed by atoms with Gasteiger partial charge in [-0.3, -0.25) is 9.89 Å². The van der Waals surface area contributed by atoms with Crippen molar-refractivity contribution in [3.05, 3.63) is 30.0 Å². The number of aromatic nitrogens is 2. The topological polar surface area (TPSA) is 57.8 Å². The lowest BCUT2D eigenvalue weighted by Crippen LogP contribution is -2.26. The molecule has 2 rings (SSSR count). The first-order valence-corrected chi connectivity index (χ1v) is 6.42. The van der Waals surface area contributed by atoms with Gasteiger partial charge in [-0.25, -0.2) is 0 Å². The van der Waals surface area contributed by atoms with E-state index in [-0.39, 0.29) is 5.91 Å². The number of hydrogen-bond acceptors (Lipinski definition) is 3. The van der Waals surface area contributed by atoms with Gasteiger partial charge in [0.15, 0.2) is 5.69 Å². The lowest BCUT2D eigenvalue weighted by atomic mass is 10.2.